The normalized spacial score (nSPS) is 12.2. The van der Waals surface area contributed by atoms with Gasteiger partial charge in [0, 0.05) is 17.6 Å². The molecule has 0 bridgehead atoms. The summed E-state index contributed by atoms with van der Waals surface area (Å²) in [7, 11) is 0. The minimum Gasteiger partial charge on any atom is -0.331 e. The van der Waals surface area contributed by atoms with E-state index in [0.29, 0.717) is 8.34 Å². The van der Waals surface area contributed by atoms with Crippen LogP contribution in [0.4, 0.5) is 4.39 Å². The smallest absolute Gasteiger partial charge is 0.178 e. The van der Waals surface area contributed by atoms with Gasteiger partial charge in [0.25, 0.3) is 0 Å². The average molecular weight is 419 g/mol. The molecule has 0 amide bonds. The molecule has 2 heterocycles. The maximum absolute atomic E-state index is 13.9. The van der Waals surface area contributed by atoms with Crippen LogP contribution in [0.1, 0.15) is 18.9 Å². The molecule has 104 valence electrons. The first-order chi connectivity index (χ1) is 9.41. The number of hydrogen-bond donors (Lipinski definition) is 1. The Kier molecular flexibility index (Phi) is 3.46. The van der Waals surface area contributed by atoms with E-state index < -0.39 is 5.54 Å². The van der Waals surface area contributed by atoms with Gasteiger partial charge in [-0.05, 0) is 54.7 Å². The van der Waals surface area contributed by atoms with Crippen LogP contribution in [-0.2, 0) is 5.54 Å². The average Bonchev–Trinajstić information content (AvgIpc) is 2.97. The molecule has 3 aromatic rings. The van der Waals surface area contributed by atoms with E-state index in [1.165, 1.54) is 6.07 Å². The van der Waals surface area contributed by atoms with Crippen molar-refractivity contribution in [2.24, 2.45) is 0 Å². The molecule has 0 atom stereocenters. The third-order valence-corrected chi connectivity index (χ3v) is 5.44. The number of nitrogens with one attached hydrogen (secondary N) is 1. The molecule has 1 N–H and O–H groups in total. The van der Waals surface area contributed by atoms with Crippen LogP contribution < -0.4 is 0 Å². The Morgan fingerprint density at radius 3 is 2.85 bits per heavy atom. The molecule has 0 aliphatic rings. The molecule has 0 aliphatic heterocycles. The second kappa shape index (κ2) is 4.88. The predicted octanol–water partition coefficient (Wildman–Crippen LogP) is 4.68. The molecule has 7 heteroatoms. The maximum atomic E-state index is 13.9. The van der Waals surface area contributed by atoms with E-state index in [0.717, 1.165) is 16.0 Å². The van der Waals surface area contributed by atoms with Crippen molar-refractivity contribution in [1.82, 2.24) is 14.5 Å². The van der Waals surface area contributed by atoms with Crippen molar-refractivity contribution >= 4 is 57.2 Å². The Balaban J connectivity index is 2.34. The van der Waals surface area contributed by atoms with Crippen molar-refractivity contribution in [2.45, 2.75) is 19.4 Å². The summed E-state index contributed by atoms with van der Waals surface area (Å²) in [6.07, 6.45) is 1.77. The molecule has 1 aromatic carbocycles. The van der Waals surface area contributed by atoms with Gasteiger partial charge in [-0.1, -0.05) is 0 Å². The van der Waals surface area contributed by atoms with Crippen LogP contribution in [0.25, 0.3) is 11.0 Å². The monoisotopic (exact) mass is 419 g/mol. The SMILES string of the molecule is CC(C)(c1nccs1)n1c(=S)[nH]c2cc(I)c(F)cc21. The van der Waals surface area contributed by atoms with Gasteiger partial charge in [0.15, 0.2) is 4.77 Å². The van der Waals surface area contributed by atoms with E-state index in [-0.39, 0.29) is 5.82 Å². The summed E-state index contributed by atoms with van der Waals surface area (Å²) in [4.78, 5) is 7.52. The largest absolute Gasteiger partial charge is 0.331 e. The van der Waals surface area contributed by atoms with Crippen LogP contribution >= 0.6 is 46.1 Å². The molecule has 20 heavy (non-hydrogen) atoms. The Labute approximate surface area is 138 Å². The zero-order chi connectivity index (χ0) is 14.5. The van der Waals surface area contributed by atoms with E-state index in [1.54, 1.807) is 23.6 Å². The van der Waals surface area contributed by atoms with Crippen molar-refractivity contribution in [1.29, 1.82) is 0 Å². The molecule has 2 aromatic heterocycles. The lowest BCUT2D eigenvalue weighted by Gasteiger charge is -2.25. The second-order valence-corrected chi connectivity index (χ2v) is 7.39. The maximum Gasteiger partial charge on any atom is 0.178 e. The number of H-pyrrole nitrogens is 1. The van der Waals surface area contributed by atoms with Gasteiger partial charge >= 0.3 is 0 Å². The van der Waals surface area contributed by atoms with Gasteiger partial charge in [-0.3, -0.25) is 0 Å². The van der Waals surface area contributed by atoms with Crippen LogP contribution in [-0.4, -0.2) is 14.5 Å². The first kappa shape index (κ1) is 14.2. The zero-order valence-corrected chi connectivity index (χ0v) is 14.6. The Morgan fingerprint density at radius 1 is 1.45 bits per heavy atom. The molecular formula is C13H11FIN3S2. The molecular weight excluding hydrogens is 408 g/mol. The number of aromatic nitrogens is 3. The quantitative estimate of drug-likeness (QED) is 0.484. The summed E-state index contributed by atoms with van der Waals surface area (Å²) in [6, 6.07) is 3.30. The fraction of sp³-hybridized carbons (Fsp3) is 0.231. The number of halogens is 2. The van der Waals surface area contributed by atoms with Crippen LogP contribution in [0.15, 0.2) is 23.7 Å². The summed E-state index contributed by atoms with van der Waals surface area (Å²) in [5.74, 6) is -0.240. The molecule has 0 aliphatic carbocycles. The lowest BCUT2D eigenvalue weighted by Crippen LogP contribution is -2.27. The first-order valence-corrected chi connectivity index (χ1v) is 8.28. The highest BCUT2D eigenvalue weighted by Crippen LogP contribution is 2.32. The van der Waals surface area contributed by atoms with Gasteiger partial charge in [-0.15, -0.1) is 11.3 Å². The van der Waals surface area contributed by atoms with E-state index in [1.807, 2.05) is 46.4 Å². The number of fused-ring (bicyclic) bond motifs is 1. The van der Waals surface area contributed by atoms with Crippen LogP contribution in [0, 0.1) is 14.2 Å². The number of thiazole rings is 1. The molecule has 0 saturated heterocycles. The van der Waals surface area contributed by atoms with Gasteiger partial charge in [0.2, 0.25) is 0 Å². The fourth-order valence-corrected chi connectivity index (χ4v) is 3.93. The number of aromatic amines is 1. The summed E-state index contributed by atoms with van der Waals surface area (Å²) in [5, 5.41) is 2.87. The van der Waals surface area contributed by atoms with Gasteiger partial charge in [-0.25, -0.2) is 9.37 Å². The van der Waals surface area contributed by atoms with Crippen molar-refractivity contribution in [3.05, 3.63) is 42.9 Å². The molecule has 0 spiro atoms. The van der Waals surface area contributed by atoms with E-state index in [2.05, 4.69) is 9.97 Å². The lowest BCUT2D eigenvalue weighted by molar-refractivity contribution is 0.440. The van der Waals surface area contributed by atoms with Gasteiger partial charge in [-0.2, -0.15) is 0 Å². The number of benzene rings is 1. The van der Waals surface area contributed by atoms with Gasteiger partial charge in [0.05, 0.1) is 20.1 Å². The first-order valence-electron chi connectivity index (χ1n) is 5.91. The minimum absolute atomic E-state index is 0.240. The van der Waals surface area contributed by atoms with Crippen LogP contribution in [0.2, 0.25) is 0 Å². The van der Waals surface area contributed by atoms with Crippen molar-refractivity contribution in [2.75, 3.05) is 0 Å². The molecule has 0 fully saturated rings. The van der Waals surface area contributed by atoms with Crippen LogP contribution in [0.3, 0.4) is 0 Å². The predicted molar refractivity (Wildman–Crippen MR) is 90.3 cm³/mol. The highest BCUT2D eigenvalue weighted by molar-refractivity contribution is 14.1. The molecule has 0 unspecified atom stereocenters. The fourth-order valence-electron chi connectivity index (χ4n) is 2.28. The van der Waals surface area contributed by atoms with Gasteiger partial charge in [0.1, 0.15) is 10.8 Å². The number of rotatable bonds is 2. The summed E-state index contributed by atoms with van der Waals surface area (Å²) < 4.78 is 17.0. The summed E-state index contributed by atoms with van der Waals surface area (Å²) in [6.45, 7) is 4.07. The highest BCUT2D eigenvalue weighted by atomic mass is 127. The Morgan fingerprint density at radius 2 is 2.20 bits per heavy atom. The molecule has 3 nitrogen and oxygen atoms in total. The Bertz CT molecular complexity index is 833. The van der Waals surface area contributed by atoms with Gasteiger partial charge < -0.3 is 9.55 Å². The number of imidazole rings is 1. The Hall–Kier alpha value is -0.800. The number of hydrogen-bond acceptors (Lipinski definition) is 3. The minimum atomic E-state index is -0.428. The van der Waals surface area contributed by atoms with Crippen molar-refractivity contribution in [3.8, 4) is 0 Å². The third-order valence-electron chi connectivity index (χ3n) is 3.24. The van der Waals surface area contributed by atoms with Crippen LogP contribution in [0.5, 0.6) is 0 Å². The number of nitrogens with zero attached hydrogens (tertiary/aromatic N) is 2. The molecule has 0 saturated carbocycles. The second-order valence-electron chi connectivity index (χ2n) is 4.95. The lowest BCUT2D eigenvalue weighted by atomic mass is 10.1. The van der Waals surface area contributed by atoms with Crippen molar-refractivity contribution < 1.29 is 4.39 Å². The third kappa shape index (κ3) is 2.11. The topological polar surface area (TPSA) is 33.6 Å². The van der Waals surface area contributed by atoms with E-state index >= 15 is 0 Å². The standard InChI is InChI=1S/C13H11FIN3S2/c1-13(2,11-16-3-4-20-11)18-10-5-7(14)8(15)6-9(10)17-12(18)19/h3-6H,1-2H3,(H,17,19). The van der Waals surface area contributed by atoms with E-state index in [4.69, 9.17) is 12.2 Å². The molecule has 3 rings (SSSR count). The summed E-state index contributed by atoms with van der Waals surface area (Å²) >= 11 is 8.96. The zero-order valence-electron chi connectivity index (χ0n) is 10.8. The highest BCUT2D eigenvalue weighted by Gasteiger charge is 2.28. The summed E-state index contributed by atoms with van der Waals surface area (Å²) in [5.41, 5.74) is 1.17. The van der Waals surface area contributed by atoms with E-state index in [9.17, 15) is 4.39 Å². The molecule has 0 radical (unpaired) electrons. The van der Waals surface area contributed by atoms with Crippen molar-refractivity contribution in [3.63, 3.8) is 0 Å².